The van der Waals surface area contributed by atoms with Gasteiger partial charge in [0, 0.05) is 35.7 Å². The Bertz CT molecular complexity index is 1290. The van der Waals surface area contributed by atoms with Crippen LogP contribution in [0.25, 0.3) is 22.4 Å². The Morgan fingerprint density at radius 3 is 2.39 bits per heavy atom. The van der Waals surface area contributed by atoms with Crippen LogP contribution in [0.1, 0.15) is 57.8 Å². The average molecular weight is 369 g/mol. The van der Waals surface area contributed by atoms with Crippen molar-refractivity contribution in [3.8, 4) is 11.3 Å². The molecule has 0 amide bonds. The molecule has 0 saturated carbocycles. The number of fused-ring (bicyclic) bond motifs is 8. The molecule has 3 heterocycles. The number of hydrogen-bond donors (Lipinski definition) is 0. The van der Waals surface area contributed by atoms with Gasteiger partial charge in [-0.2, -0.15) is 5.10 Å². The van der Waals surface area contributed by atoms with Crippen LogP contribution in [0.4, 0.5) is 0 Å². The largest absolute Gasteiger partial charge is 0.297 e. The van der Waals surface area contributed by atoms with Gasteiger partial charge in [-0.3, -0.25) is 14.0 Å². The molecular formula is C23H19N3O2. The first kappa shape index (κ1) is 15.8. The van der Waals surface area contributed by atoms with E-state index in [4.69, 9.17) is 5.10 Å². The van der Waals surface area contributed by atoms with Gasteiger partial charge in [-0.1, -0.05) is 30.3 Å². The Morgan fingerprint density at radius 2 is 1.57 bits per heavy atom. The van der Waals surface area contributed by atoms with Crippen LogP contribution >= 0.6 is 0 Å². The fourth-order valence-electron chi connectivity index (χ4n) is 4.84. The van der Waals surface area contributed by atoms with Gasteiger partial charge in [0.2, 0.25) is 0 Å². The smallest absolute Gasteiger partial charge is 0.166 e. The van der Waals surface area contributed by atoms with Crippen LogP contribution in [0.5, 0.6) is 0 Å². The zero-order chi connectivity index (χ0) is 18.8. The number of rotatable bonds is 1. The molecule has 2 aliphatic rings. The number of benzene rings is 1. The fourth-order valence-corrected chi connectivity index (χ4v) is 4.84. The molecule has 0 radical (unpaired) electrons. The minimum atomic E-state index is 0.159. The second kappa shape index (κ2) is 5.64. The van der Waals surface area contributed by atoms with Crippen molar-refractivity contribution in [3.63, 3.8) is 0 Å². The molecule has 0 N–H and O–H groups in total. The lowest BCUT2D eigenvalue weighted by Gasteiger charge is -2.19. The molecule has 4 aromatic rings. The lowest BCUT2D eigenvalue weighted by Crippen LogP contribution is -2.18. The number of hydrogen-bond acceptors (Lipinski definition) is 3. The SMILES string of the molecule is O=C1CCCc2c1cc1c3c(n4nc(-c5ccccc5)cc4n21)CCCC3=O. The first-order valence-electron chi connectivity index (χ1n) is 9.93. The number of Topliss-reactive ketones (excluding diaryl/α,β-unsaturated/α-hetero) is 2. The molecule has 0 fully saturated rings. The number of aromatic nitrogens is 3. The summed E-state index contributed by atoms with van der Waals surface area (Å²) in [7, 11) is 0. The van der Waals surface area contributed by atoms with E-state index >= 15 is 0 Å². The fraction of sp³-hybridized carbons (Fsp3) is 0.261. The highest BCUT2D eigenvalue weighted by atomic mass is 16.1. The minimum absolute atomic E-state index is 0.159. The highest BCUT2D eigenvalue weighted by Crippen LogP contribution is 2.34. The predicted molar refractivity (Wildman–Crippen MR) is 106 cm³/mol. The van der Waals surface area contributed by atoms with Crippen molar-refractivity contribution in [2.45, 2.75) is 38.5 Å². The van der Waals surface area contributed by atoms with Crippen LogP contribution < -0.4 is 0 Å². The van der Waals surface area contributed by atoms with Crippen molar-refractivity contribution in [2.75, 3.05) is 0 Å². The van der Waals surface area contributed by atoms with Crippen LogP contribution in [-0.2, 0) is 12.8 Å². The Hall–Kier alpha value is -3.21. The zero-order valence-electron chi connectivity index (χ0n) is 15.4. The van der Waals surface area contributed by atoms with E-state index in [1.54, 1.807) is 0 Å². The summed E-state index contributed by atoms with van der Waals surface area (Å²) < 4.78 is 4.06. The Morgan fingerprint density at radius 1 is 0.821 bits per heavy atom. The van der Waals surface area contributed by atoms with Crippen LogP contribution in [-0.4, -0.2) is 25.6 Å². The molecule has 5 nitrogen and oxygen atoms in total. The molecule has 0 atom stereocenters. The highest BCUT2D eigenvalue weighted by molar-refractivity contribution is 6.07. The summed E-state index contributed by atoms with van der Waals surface area (Å²) in [5.74, 6) is 0.343. The first-order chi connectivity index (χ1) is 13.7. The monoisotopic (exact) mass is 369 g/mol. The summed E-state index contributed by atoms with van der Waals surface area (Å²) in [4.78, 5) is 25.4. The molecule has 1 aromatic carbocycles. The summed E-state index contributed by atoms with van der Waals surface area (Å²) in [6.07, 6.45) is 4.53. The van der Waals surface area contributed by atoms with E-state index < -0.39 is 0 Å². The van der Waals surface area contributed by atoms with Crippen LogP contribution in [0.15, 0.2) is 42.5 Å². The molecule has 3 aromatic heterocycles. The standard InChI is InChI=1S/C23H19N3O2/c27-20-10-4-8-17-15(20)12-19-23-18(9-5-11-21(23)28)26-22(25(17)19)13-16(24-26)14-6-2-1-3-7-14/h1-3,6-7,12-13H,4-5,8-11H2. The quantitative estimate of drug-likeness (QED) is 0.503. The molecule has 0 unspecified atom stereocenters. The maximum Gasteiger partial charge on any atom is 0.166 e. The van der Waals surface area contributed by atoms with E-state index in [1.165, 1.54) is 0 Å². The molecule has 0 bridgehead atoms. The van der Waals surface area contributed by atoms with Crippen molar-refractivity contribution in [1.82, 2.24) is 14.0 Å². The normalized spacial score (nSPS) is 16.6. The Balaban J connectivity index is 1.78. The molecule has 0 aliphatic heterocycles. The lowest BCUT2D eigenvalue weighted by molar-refractivity contribution is 0.0964. The van der Waals surface area contributed by atoms with Gasteiger partial charge in [-0.15, -0.1) is 0 Å². The van der Waals surface area contributed by atoms with Gasteiger partial charge in [0.15, 0.2) is 11.6 Å². The van der Waals surface area contributed by atoms with Gasteiger partial charge < -0.3 is 0 Å². The van der Waals surface area contributed by atoms with Crippen molar-refractivity contribution >= 4 is 22.7 Å². The number of nitrogens with zero attached hydrogens (tertiary/aromatic N) is 3. The third-order valence-corrected chi connectivity index (χ3v) is 6.11. The van der Waals surface area contributed by atoms with Crippen LogP contribution in [0.2, 0.25) is 0 Å². The van der Waals surface area contributed by atoms with Crippen LogP contribution in [0.3, 0.4) is 0 Å². The Kier molecular flexibility index (Phi) is 3.19. The molecular weight excluding hydrogens is 350 g/mol. The number of carbonyl (C=O) groups excluding carboxylic acids is 2. The van der Waals surface area contributed by atoms with Gasteiger partial charge in [0.1, 0.15) is 5.65 Å². The number of ketones is 2. The molecule has 2 aliphatic carbocycles. The van der Waals surface area contributed by atoms with Gasteiger partial charge in [0.05, 0.1) is 22.5 Å². The van der Waals surface area contributed by atoms with Crippen molar-refractivity contribution < 1.29 is 9.59 Å². The molecule has 6 rings (SSSR count). The third kappa shape index (κ3) is 2.04. The van der Waals surface area contributed by atoms with Crippen molar-refractivity contribution in [2.24, 2.45) is 0 Å². The molecule has 5 heteroatoms. The van der Waals surface area contributed by atoms with E-state index in [0.29, 0.717) is 12.8 Å². The van der Waals surface area contributed by atoms with E-state index in [1.807, 2.05) is 40.9 Å². The Labute approximate surface area is 161 Å². The average Bonchev–Trinajstić information content (AvgIpc) is 3.31. The second-order valence-corrected chi connectivity index (χ2v) is 7.77. The van der Waals surface area contributed by atoms with E-state index in [0.717, 1.165) is 70.6 Å². The summed E-state index contributed by atoms with van der Waals surface area (Å²) in [6.45, 7) is 0. The minimum Gasteiger partial charge on any atom is -0.297 e. The van der Waals surface area contributed by atoms with E-state index in [9.17, 15) is 9.59 Å². The maximum absolute atomic E-state index is 12.9. The van der Waals surface area contributed by atoms with Crippen molar-refractivity contribution in [3.05, 3.63) is 65.0 Å². The predicted octanol–water partition coefficient (Wildman–Crippen LogP) is 4.29. The molecule has 138 valence electrons. The highest BCUT2D eigenvalue weighted by Gasteiger charge is 2.30. The topological polar surface area (TPSA) is 55.9 Å². The maximum atomic E-state index is 12.9. The number of carbonyl (C=O) groups is 2. The van der Waals surface area contributed by atoms with E-state index in [-0.39, 0.29) is 11.6 Å². The third-order valence-electron chi connectivity index (χ3n) is 6.11. The second-order valence-electron chi connectivity index (χ2n) is 7.77. The van der Waals surface area contributed by atoms with E-state index in [2.05, 4.69) is 10.5 Å². The molecule has 0 saturated heterocycles. The number of aryl methyl sites for hydroxylation is 2. The van der Waals surface area contributed by atoms with Gasteiger partial charge in [0.25, 0.3) is 0 Å². The summed E-state index contributed by atoms with van der Waals surface area (Å²) >= 11 is 0. The summed E-state index contributed by atoms with van der Waals surface area (Å²) in [6, 6.07) is 14.1. The molecule has 0 spiro atoms. The van der Waals surface area contributed by atoms with Crippen LogP contribution in [0, 0.1) is 0 Å². The van der Waals surface area contributed by atoms with Gasteiger partial charge in [-0.05, 0) is 31.7 Å². The summed E-state index contributed by atoms with van der Waals surface area (Å²) in [5, 5.41) is 4.89. The summed E-state index contributed by atoms with van der Waals surface area (Å²) in [5.41, 5.74) is 7.29. The lowest BCUT2D eigenvalue weighted by atomic mass is 9.94. The van der Waals surface area contributed by atoms with Gasteiger partial charge in [-0.25, -0.2) is 4.52 Å². The van der Waals surface area contributed by atoms with Gasteiger partial charge >= 0.3 is 0 Å². The van der Waals surface area contributed by atoms with Crippen molar-refractivity contribution in [1.29, 1.82) is 0 Å². The first-order valence-corrected chi connectivity index (χ1v) is 9.93. The molecule has 28 heavy (non-hydrogen) atoms. The zero-order valence-corrected chi connectivity index (χ0v) is 15.4.